The van der Waals surface area contributed by atoms with Crippen molar-refractivity contribution in [2.75, 3.05) is 46.0 Å². The Labute approximate surface area is 133 Å². The van der Waals surface area contributed by atoms with E-state index in [1.807, 2.05) is 6.92 Å². The first kappa shape index (κ1) is 19.2. The second-order valence-corrected chi connectivity index (χ2v) is 5.79. The maximum atomic E-state index is 11.5. The normalized spacial score (nSPS) is 17.4. The van der Waals surface area contributed by atoms with E-state index in [1.165, 1.54) is 5.06 Å². The molecule has 1 fully saturated rings. The molecular weight excluding hydrogens is 284 g/mol. The lowest BCUT2D eigenvalue weighted by molar-refractivity contribution is -0.145. The quantitative estimate of drug-likeness (QED) is 0.437. The molecule has 1 heterocycles. The van der Waals surface area contributed by atoms with Gasteiger partial charge in [-0.2, -0.15) is 0 Å². The number of amides is 2. The van der Waals surface area contributed by atoms with Crippen molar-refractivity contribution in [1.82, 2.24) is 9.96 Å². The minimum atomic E-state index is -0.517. The topological polar surface area (TPSA) is 94.0 Å². The highest BCUT2D eigenvalue weighted by Crippen LogP contribution is 2.11. The van der Waals surface area contributed by atoms with Gasteiger partial charge in [-0.3, -0.25) is 9.74 Å². The van der Waals surface area contributed by atoms with Gasteiger partial charge in [-0.15, -0.1) is 0 Å². The van der Waals surface area contributed by atoms with Crippen molar-refractivity contribution in [3.63, 3.8) is 0 Å². The molecule has 0 saturated carbocycles. The molecule has 22 heavy (non-hydrogen) atoms. The summed E-state index contributed by atoms with van der Waals surface area (Å²) in [5, 5.41) is 1.32. The number of hydrogen-bond donors (Lipinski definition) is 2. The number of carbonyl (C=O) groups is 1. The number of unbranched alkanes of at least 4 members (excludes halogenated alkanes) is 3. The van der Waals surface area contributed by atoms with Crippen LogP contribution in [0.5, 0.6) is 0 Å². The zero-order valence-electron chi connectivity index (χ0n) is 13.8. The van der Waals surface area contributed by atoms with E-state index in [4.69, 9.17) is 21.0 Å². The van der Waals surface area contributed by atoms with E-state index >= 15 is 0 Å². The van der Waals surface area contributed by atoms with Gasteiger partial charge in [-0.05, 0) is 26.3 Å². The number of hydroxylamine groups is 2. The molecule has 7 nitrogen and oxygen atoms in total. The highest BCUT2D eigenvalue weighted by atomic mass is 16.7. The zero-order chi connectivity index (χ0) is 16.2. The van der Waals surface area contributed by atoms with Crippen molar-refractivity contribution in [2.45, 2.75) is 45.1 Å². The second-order valence-electron chi connectivity index (χ2n) is 5.79. The van der Waals surface area contributed by atoms with Crippen LogP contribution in [0.3, 0.4) is 0 Å². The molecule has 1 atom stereocenters. The Morgan fingerprint density at radius 1 is 1.27 bits per heavy atom. The molecule has 0 aliphatic carbocycles. The van der Waals surface area contributed by atoms with E-state index in [0.29, 0.717) is 6.61 Å². The molecule has 0 aromatic carbocycles. The Morgan fingerprint density at radius 3 is 2.59 bits per heavy atom. The molecule has 1 unspecified atom stereocenters. The van der Waals surface area contributed by atoms with Gasteiger partial charge in [0.25, 0.3) is 0 Å². The van der Waals surface area contributed by atoms with Gasteiger partial charge in [0.1, 0.15) is 0 Å². The third-order valence-corrected chi connectivity index (χ3v) is 3.94. The number of rotatable bonds is 11. The predicted molar refractivity (Wildman–Crippen MR) is 86.2 cm³/mol. The first-order chi connectivity index (χ1) is 10.6. The number of urea groups is 1. The first-order valence-corrected chi connectivity index (χ1v) is 8.37. The monoisotopic (exact) mass is 316 g/mol. The fraction of sp³-hybridized carbons (Fsp3) is 0.933. The van der Waals surface area contributed by atoms with Crippen LogP contribution in [0.1, 0.15) is 39.0 Å². The molecule has 1 rings (SSSR count). The van der Waals surface area contributed by atoms with Crippen LogP contribution in [-0.4, -0.2) is 68.0 Å². The number of nitrogens with two attached hydrogens (primary N) is 2. The van der Waals surface area contributed by atoms with E-state index < -0.39 is 6.03 Å². The lowest BCUT2D eigenvalue weighted by atomic mass is 10.1. The highest BCUT2D eigenvalue weighted by Gasteiger charge is 2.19. The third kappa shape index (κ3) is 7.93. The Hall–Kier alpha value is -0.890. The summed E-state index contributed by atoms with van der Waals surface area (Å²) in [6, 6.07) is -0.517. The number of morpholine rings is 1. The van der Waals surface area contributed by atoms with Crippen LogP contribution in [0.2, 0.25) is 0 Å². The first-order valence-electron chi connectivity index (χ1n) is 8.37. The summed E-state index contributed by atoms with van der Waals surface area (Å²) in [5.74, 6) is 0. The number of hydrogen-bond acceptors (Lipinski definition) is 5. The number of ether oxygens (including phenoxy) is 1. The smallest absolute Gasteiger partial charge is 0.338 e. The summed E-state index contributed by atoms with van der Waals surface area (Å²) in [5.41, 5.74) is 10.9. The number of nitrogens with zero attached hydrogens (tertiary/aromatic N) is 2. The fourth-order valence-corrected chi connectivity index (χ4v) is 2.56. The predicted octanol–water partition coefficient (Wildman–Crippen LogP) is 0.929. The minimum Gasteiger partial charge on any atom is -0.379 e. The largest absolute Gasteiger partial charge is 0.379 e. The van der Waals surface area contributed by atoms with Crippen LogP contribution >= 0.6 is 0 Å². The average Bonchev–Trinajstić information content (AvgIpc) is 2.52. The molecule has 4 N–H and O–H groups in total. The van der Waals surface area contributed by atoms with Gasteiger partial charge in [0, 0.05) is 19.6 Å². The average molecular weight is 316 g/mol. The summed E-state index contributed by atoms with van der Waals surface area (Å²) in [4.78, 5) is 19.4. The number of carbonyl (C=O) groups excluding carboxylic acids is 1. The summed E-state index contributed by atoms with van der Waals surface area (Å²) in [7, 11) is 0. The Kier molecular flexibility index (Phi) is 10.1. The van der Waals surface area contributed by atoms with Crippen LogP contribution in [0.25, 0.3) is 0 Å². The van der Waals surface area contributed by atoms with E-state index in [-0.39, 0.29) is 6.04 Å². The van der Waals surface area contributed by atoms with Crippen molar-refractivity contribution in [3.05, 3.63) is 0 Å². The van der Waals surface area contributed by atoms with Crippen LogP contribution in [0.4, 0.5) is 4.79 Å². The molecule has 1 aliphatic rings. The van der Waals surface area contributed by atoms with Crippen molar-refractivity contribution >= 4 is 6.03 Å². The summed E-state index contributed by atoms with van der Waals surface area (Å²) in [6.07, 6.45) is 5.27. The van der Waals surface area contributed by atoms with E-state index in [9.17, 15) is 4.79 Å². The van der Waals surface area contributed by atoms with Crippen molar-refractivity contribution in [3.8, 4) is 0 Å². The highest BCUT2D eigenvalue weighted by molar-refractivity contribution is 5.71. The lowest BCUT2D eigenvalue weighted by Gasteiger charge is -2.29. The molecule has 0 spiro atoms. The SMILES string of the molecule is CC(CCCCCCN)N(OCCN1CCOCC1)C(N)=O. The van der Waals surface area contributed by atoms with Crippen molar-refractivity contribution in [1.29, 1.82) is 0 Å². The number of primary amides is 1. The van der Waals surface area contributed by atoms with Crippen LogP contribution in [0, 0.1) is 0 Å². The summed E-state index contributed by atoms with van der Waals surface area (Å²) in [6.45, 7) is 7.33. The van der Waals surface area contributed by atoms with Gasteiger partial charge >= 0.3 is 6.03 Å². The van der Waals surface area contributed by atoms with Crippen LogP contribution < -0.4 is 11.5 Å². The van der Waals surface area contributed by atoms with E-state index in [1.54, 1.807) is 0 Å². The third-order valence-electron chi connectivity index (χ3n) is 3.94. The molecule has 2 amide bonds. The van der Waals surface area contributed by atoms with Crippen LogP contribution in [-0.2, 0) is 9.57 Å². The van der Waals surface area contributed by atoms with E-state index in [2.05, 4.69) is 4.90 Å². The zero-order valence-corrected chi connectivity index (χ0v) is 13.8. The molecule has 1 aliphatic heterocycles. The summed E-state index contributed by atoms with van der Waals surface area (Å²) >= 11 is 0. The van der Waals surface area contributed by atoms with Crippen molar-refractivity contribution in [2.24, 2.45) is 11.5 Å². The van der Waals surface area contributed by atoms with Gasteiger partial charge in [-0.25, -0.2) is 9.86 Å². The molecule has 0 aromatic heterocycles. The molecule has 0 bridgehead atoms. The van der Waals surface area contributed by atoms with E-state index in [0.717, 1.165) is 71.5 Å². The fourth-order valence-electron chi connectivity index (χ4n) is 2.56. The van der Waals surface area contributed by atoms with Gasteiger partial charge in [0.2, 0.25) is 0 Å². The standard InChI is InChI=1S/C15H32N4O3/c1-14(6-4-2-3-5-7-16)19(15(17)20)22-13-10-18-8-11-21-12-9-18/h14H,2-13,16H2,1H3,(H2,17,20). The molecule has 130 valence electrons. The van der Waals surface area contributed by atoms with Gasteiger partial charge in [0.05, 0.1) is 25.9 Å². The van der Waals surface area contributed by atoms with Gasteiger partial charge < -0.3 is 16.2 Å². The molecule has 7 heteroatoms. The lowest BCUT2D eigenvalue weighted by Crippen LogP contribution is -2.44. The molecular formula is C15H32N4O3. The second kappa shape index (κ2) is 11.6. The van der Waals surface area contributed by atoms with Gasteiger partial charge in [0.15, 0.2) is 0 Å². The maximum absolute atomic E-state index is 11.5. The Bertz CT molecular complexity index is 299. The molecule has 0 radical (unpaired) electrons. The van der Waals surface area contributed by atoms with Crippen molar-refractivity contribution < 1.29 is 14.4 Å². The Balaban J connectivity index is 2.20. The Morgan fingerprint density at radius 2 is 1.95 bits per heavy atom. The molecule has 0 aromatic rings. The van der Waals surface area contributed by atoms with Gasteiger partial charge in [-0.1, -0.05) is 19.3 Å². The minimum absolute atomic E-state index is 0.0000608. The molecule has 1 saturated heterocycles. The maximum Gasteiger partial charge on any atom is 0.338 e. The summed E-state index contributed by atoms with van der Waals surface area (Å²) < 4.78 is 5.30. The van der Waals surface area contributed by atoms with Crippen LogP contribution in [0.15, 0.2) is 0 Å².